The molecular weight excluding hydrogens is 270 g/mol. The number of rotatable bonds is 9. The van der Waals surface area contributed by atoms with Crippen LogP contribution < -0.4 is 14.2 Å². The lowest BCUT2D eigenvalue weighted by atomic mass is 9.89. The van der Waals surface area contributed by atoms with Crippen LogP contribution in [0.4, 0.5) is 0 Å². The van der Waals surface area contributed by atoms with Crippen molar-refractivity contribution < 1.29 is 19.0 Å². The van der Waals surface area contributed by atoms with Gasteiger partial charge in [0.15, 0.2) is 0 Å². The first-order chi connectivity index (χ1) is 10.2. The van der Waals surface area contributed by atoms with Crippen LogP contribution >= 0.6 is 0 Å². The largest absolute Gasteiger partial charge is 0.496 e. The molecule has 0 aromatic heterocycles. The van der Waals surface area contributed by atoms with Gasteiger partial charge in [-0.2, -0.15) is 5.26 Å². The van der Waals surface area contributed by atoms with Crippen LogP contribution in [-0.2, 0) is 4.79 Å². The predicted octanol–water partition coefficient (Wildman–Crippen LogP) is 3.08. The first-order valence-corrected chi connectivity index (χ1v) is 6.82. The molecule has 5 heteroatoms. The van der Waals surface area contributed by atoms with E-state index < -0.39 is 0 Å². The third-order valence-electron chi connectivity index (χ3n) is 3.38. The van der Waals surface area contributed by atoms with Crippen LogP contribution in [0.5, 0.6) is 17.2 Å². The number of nitriles is 1. The highest BCUT2D eigenvalue weighted by Crippen LogP contribution is 2.42. The summed E-state index contributed by atoms with van der Waals surface area (Å²) in [5, 5.41) is 8.66. The van der Waals surface area contributed by atoms with E-state index in [4.69, 9.17) is 19.5 Å². The molecule has 0 radical (unpaired) electrons. The third kappa shape index (κ3) is 4.38. The summed E-state index contributed by atoms with van der Waals surface area (Å²) >= 11 is 0. The average molecular weight is 291 g/mol. The topological polar surface area (TPSA) is 68.5 Å². The summed E-state index contributed by atoms with van der Waals surface area (Å²) in [7, 11) is 4.72. The Morgan fingerprint density at radius 3 is 2.24 bits per heavy atom. The van der Waals surface area contributed by atoms with Gasteiger partial charge in [-0.3, -0.25) is 0 Å². The Bertz CT molecular complexity index is 482. The number of carbonyl (C=O) groups excluding carboxylic acids is 1. The molecule has 1 unspecified atom stereocenters. The molecule has 1 aromatic rings. The van der Waals surface area contributed by atoms with Crippen LogP contribution in [-0.4, -0.2) is 27.6 Å². The first-order valence-electron chi connectivity index (χ1n) is 6.82. The summed E-state index contributed by atoms with van der Waals surface area (Å²) in [6.45, 7) is 0. The monoisotopic (exact) mass is 291 g/mol. The molecule has 0 bridgehead atoms. The van der Waals surface area contributed by atoms with Crippen LogP contribution in [0.15, 0.2) is 12.1 Å². The summed E-state index contributed by atoms with van der Waals surface area (Å²) in [4.78, 5) is 11.0. The zero-order chi connectivity index (χ0) is 15.7. The third-order valence-corrected chi connectivity index (χ3v) is 3.38. The van der Waals surface area contributed by atoms with E-state index in [-0.39, 0.29) is 5.92 Å². The molecule has 5 nitrogen and oxygen atoms in total. The Hall–Kier alpha value is -2.22. The van der Waals surface area contributed by atoms with Gasteiger partial charge in [0.1, 0.15) is 23.5 Å². The molecule has 0 heterocycles. The predicted molar refractivity (Wildman–Crippen MR) is 79.0 cm³/mol. The molecule has 1 rings (SSSR count). The van der Waals surface area contributed by atoms with Gasteiger partial charge in [0, 0.05) is 30.5 Å². The molecule has 0 fully saturated rings. The van der Waals surface area contributed by atoms with Gasteiger partial charge in [0.05, 0.1) is 27.4 Å². The van der Waals surface area contributed by atoms with Crippen molar-refractivity contribution in [2.75, 3.05) is 21.3 Å². The van der Waals surface area contributed by atoms with Crippen LogP contribution in [0.25, 0.3) is 0 Å². The Balaban J connectivity index is 3.20. The van der Waals surface area contributed by atoms with E-state index in [1.54, 1.807) is 33.5 Å². The van der Waals surface area contributed by atoms with E-state index in [0.717, 1.165) is 24.7 Å². The fourth-order valence-electron chi connectivity index (χ4n) is 2.36. The molecule has 0 N–H and O–H groups in total. The second-order valence-electron chi connectivity index (χ2n) is 4.60. The SMILES string of the molecule is COc1cc(OC)c(C(CC=O)CCCC#N)c(OC)c1. The highest BCUT2D eigenvalue weighted by molar-refractivity contribution is 5.57. The second-order valence-corrected chi connectivity index (χ2v) is 4.60. The summed E-state index contributed by atoms with van der Waals surface area (Å²) < 4.78 is 16.1. The summed E-state index contributed by atoms with van der Waals surface area (Å²) in [5.41, 5.74) is 0.853. The molecule has 0 aliphatic rings. The van der Waals surface area contributed by atoms with Gasteiger partial charge in [-0.1, -0.05) is 0 Å². The molecule has 1 aromatic carbocycles. The Kier molecular flexibility index (Phi) is 7.10. The van der Waals surface area contributed by atoms with Crippen molar-refractivity contribution >= 4 is 6.29 Å². The standard InChI is InChI=1S/C16H21NO4/c1-19-13-10-14(20-2)16(15(11-13)21-3)12(7-9-18)6-4-5-8-17/h9-12H,4-7H2,1-3H3. The minimum absolute atomic E-state index is 0.0355. The maximum atomic E-state index is 11.0. The van der Waals surface area contributed by atoms with Crippen molar-refractivity contribution in [1.82, 2.24) is 0 Å². The van der Waals surface area contributed by atoms with Crippen molar-refractivity contribution in [2.24, 2.45) is 0 Å². The van der Waals surface area contributed by atoms with E-state index in [1.165, 1.54) is 0 Å². The van der Waals surface area contributed by atoms with Crippen molar-refractivity contribution in [3.8, 4) is 23.3 Å². The Morgan fingerprint density at radius 1 is 1.19 bits per heavy atom. The minimum Gasteiger partial charge on any atom is -0.496 e. The van der Waals surface area contributed by atoms with Gasteiger partial charge in [-0.15, -0.1) is 0 Å². The molecule has 0 saturated carbocycles. The fraction of sp³-hybridized carbons (Fsp3) is 0.500. The lowest BCUT2D eigenvalue weighted by Gasteiger charge is -2.21. The van der Waals surface area contributed by atoms with Crippen LogP contribution in [0.2, 0.25) is 0 Å². The van der Waals surface area contributed by atoms with E-state index >= 15 is 0 Å². The number of hydrogen-bond acceptors (Lipinski definition) is 5. The molecule has 1 atom stereocenters. The molecule has 0 saturated heterocycles. The number of carbonyl (C=O) groups is 1. The van der Waals surface area contributed by atoms with Gasteiger partial charge in [-0.05, 0) is 18.8 Å². The lowest BCUT2D eigenvalue weighted by molar-refractivity contribution is -0.108. The first kappa shape index (κ1) is 16.8. The Labute approximate surface area is 125 Å². The number of hydrogen-bond donors (Lipinski definition) is 0. The molecular formula is C16H21NO4. The number of benzene rings is 1. The van der Waals surface area contributed by atoms with E-state index in [0.29, 0.717) is 30.1 Å². The normalized spacial score (nSPS) is 11.3. The molecule has 21 heavy (non-hydrogen) atoms. The Morgan fingerprint density at radius 2 is 1.81 bits per heavy atom. The molecule has 0 aliphatic heterocycles. The van der Waals surface area contributed by atoms with Gasteiger partial charge >= 0.3 is 0 Å². The van der Waals surface area contributed by atoms with Crippen LogP contribution in [0.3, 0.4) is 0 Å². The minimum atomic E-state index is -0.0355. The van der Waals surface area contributed by atoms with Crippen molar-refractivity contribution in [1.29, 1.82) is 5.26 Å². The smallest absolute Gasteiger partial charge is 0.129 e. The molecule has 0 aliphatic carbocycles. The summed E-state index contributed by atoms with van der Waals surface area (Å²) in [5.74, 6) is 1.87. The van der Waals surface area contributed by atoms with Crippen LogP contribution in [0, 0.1) is 11.3 Å². The molecule has 0 spiro atoms. The van der Waals surface area contributed by atoms with E-state index in [1.807, 2.05) is 0 Å². The fourth-order valence-corrected chi connectivity index (χ4v) is 2.36. The van der Waals surface area contributed by atoms with Gasteiger partial charge in [0.2, 0.25) is 0 Å². The lowest BCUT2D eigenvalue weighted by Crippen LogP contribution is -2.06. The number of ether oxygens (including phenoxy) is 3. The number of unbranched alkanes of at least 4 members (excludes halogenated alkanes) is 1. The second kappa shape index (κ2) is 8.85. The van der Waals surface area contributed by atoms with Crippen molar-refractivity contribution in [3.63, 3.8) is 0 Å². The van der Waals surface area contributed by atoms with Gasteiger partial charge in [-0.25, -0.2) is 0 Å². The summed E-state index contributed by atoms with van der Waals surface area (Å²) in [6, 6.07) is 5.68. The maximum absolute atomic E-state index is 11.0. The van der Waals surface area contributed by atoms with Gasteiger partial charge in [0.25, 0.3) is 0 Å². The van der Waals surface area contributed by atoms with E-state index in [9.17, 15) is 4.79 Å². The average Bonchev–Trinajstić information content (AvgIpc) is 2.52. The quantitative estimate of drug-likeness (QED) is 0.516. The highest BCUT2D eigenvalue weighted by atomic mass is 16.5. The molecule has 0 amide bonds. The maximum Gasteiger partial charge on any atom is 0.129 e. The summed E-state index contributed by atoms with van der Waals surface area (Å²) in [6.07, 6.45) is 3.18. The highest BCUT2D eigenvalue weighted by Gasteiger charge is 2.22. The number of aldehydes is 1. The van der Waals surface area contributed by atoms with Crippen molar-refractivity contribution in [2.45, 2.75) is 31.6 Å². The van der Waals surface area contributed by atoms with Crippen LogP contribution in [0.1, 0.15) is 37.2 Å². The molecule has 114 valence electrons. The number of methoxy groups -OCH3 is 3. The number of nitrogens with zero attached hydrogens (tertiary/aromatic N) is 1. The zero-order valence-corrected chi connectivity index (χ0v) is 12.7. The van der Waals surface area contributed by atoms with Gasteiger partial charge < -0.3 is 19.0 Å². The zero-order valence-electron chi connectivity index (χ0n) is 12.7. The van der Waals surface area contributed by atoms with Crippen molar-refractivity contribution in [3.05, 3.63) is 17.7 Å². The van der Waals surface area contributed by atoms with E-state index in [2.05, 4.69) is 6.07 Å².